The van der Waals surface area contributed by atoms with Crippen LogP contribution in [0.4, 0.5) is 0 Å². The first-order chi connectivity index (χ1) is 12.5. The van der Waals surface area contributed by atoms with Gasteiger partial charge in [0.15, 0.2) is 0 Å². The van der Waals surface area contributed by atoms with Crippen LogP contribution in [0.1, 0.15) is 47.2 Å². The summed E-state index contributed by atoms with van der Waals surface area (Å²) in [4.78, 5) is 29.7. The average molecular weight is 357 g/mol. The number of amides is 2. The van der Waals surface area contributed by atoms with Crippen molar-refractivity contribution in [2.75, 3.05) is 33.2 Å². The molecule has 0 aliphatic carbocycles. The Morgan fingerprint density at radius 3 is 2.23 bits per heavy atom. The third-order valence-electron chi connectivity index (χ3n) is 5.74. The lowest BCUT2D eigenvalue weighted by atomic mass is 9.94. The van der Waals surface area contributed by atoms with Crippen molar-refractivity contribution in [3.63, 3.8) is 0 Å². The molecule has 1 unspecified atom stereocenters. The maximum Gasteiger partial charge on any atom is 0.253 e. The van der Waals surface area contributed by atoms with Crippen LogP contribution >= 0.6 is 0 Å². The highest BCUT2D eigenvalue weighted by molar-refractivity contribution is 5.95. The molecule has 3 rings (SSSR count). The number of carbonyl (C=O) groups excluding carboxylic acids is 2. The molecule has 5 nitrogen and oxygen atoms in total. The lowest BCUT2D eigenvalue weighted by molar-refractivity contribution is -0.138. The van der Waals surface area contributed by atoms with Gasteiger partial charge in [0.1, 0.15) is 0 Å². The monoisotopic (exact) mass is 357 g/mol. The maximum absolute atomic E-state index is 12.9. The van der Waals surface area contributed by atoms with Crippen LogP contribution in [0.15, 0.2) is 18.2 Å². The first-order valence-corrected chi connectivity index (χ1v) is 9.81. The molecule has 2 amide bonds. The van der Waals surface area contributed by atoms with Gasteiger partial charge in [-0.05, 0) is 58.7 Å². The number of hydrogen-bond acceptors (Lipinski definition) is 3. The van der Waals surface area contributed by atoms with E-state index in [2.05, 4.69) is 11.4 Å². The Labute approximate surface area is 156 Å². The van der Waals surface area contributed by atoms with Gasteiger partial charge in [-0.2, -0.15) is 0 Å². The van der Waals surface area contributed by atoms with E-state index in [9.17, 15) is 9.59 Å². The first-order valence-electron chi connectivity index (χ1n) is 9.81. The van der Waals surface area contributed by atoms with Gasteiger partial charge < -0.3 is 15.1 Å². The smallest absolute Gasteiger partial charge is 0.253 e. The molecule has 142 valence electrons. The van der Waals surface area contributed by atoms with Gasteiger partial charge in [0.25, 0.3) is 5.91 Å². The van der Waals surface area contributed by atoms with Gasteiger partial charge in [0, 0.05) is 37.8 Å². The lowest BCUT2D eigenvalue weighted by Gasteiger charge is -2.38. The molecule has 2 saturated heterocycles. The molecule has 1 atom stereocenters. The van der Waals surface area contributed by atoms with E-state index in [4.69, 9.17) is 0 Å². The quantitative estimate of drug-likeness (QED) is 0.904. The predicted octanol–water partition coefficient (Wildman–Crippen LogP) is 2.37. The Bertz CT molecular complexity index is 645. The Hall–Kier alpha value is -1.88. The molecule has 1 N–H and O–H groups in total. The van der Waals surface area contributed by atoms with Crippen molar-refractivity contribution in [2.45, 2.75) is 45.6 Å². The van der Waals surface area contributed by atoms with Crippen LogP contribution < -0.4 is 5.32 Å². The molecule has 0 radical (unpaired) electrons. The molecule has 2 aliphatic heterocycles. The van der Waals surface area contributed by atoms with E-state index < -0.39 is 0 Å². The third-order valence-corrected chi connectivity index (χ3v) is 5.74. The topological polar surface area (TPSA) is 52.7 Å². The summed E-state index contributed by atoms with van der Waals surface area (Å²) in [5.41, 5.74) is 2.95. The summed E-state index contributed by atoms with van der Waals surface area (Å²) in [7, 11) is 1.99. The molecule has 0 saturated carbocycles. The molecule has 0 spiro atoms. The molecular weight excluding hydrogens is 326 g/mol. The number of nitrogens with one attached hydrogen (secondary N) is 1. The summed E-state index contributed by atoms with van der Waals surface area (Å²) in [6.07, 6.45) is 3.82. The van der Waals surface area contributed by atoms with Gasteiger partial charge in [0.2, 0.25) is 5.91 Å². The summed E-state index contributed by atoms with van der Waals surface area (Å²) in [5, 5.41) is 3.30. The average Bonchev–Trinajstić information content (AvgIpc) is 2.66. The van der Waals surface area contributed by atoms with E-state index in [0.717, 1.165) is 62.0 Å². The summed E-state index contributed by atoms with van der Waals surface area (Å²) < 4.78 is 0. The number of rotatable bonds is 3. The Morgan fingerprint density at radius 2 is 1.62 bits per heavy atom. The molecule has 2 aliphatic rings. The number of carbonyl (C=O) groups is 2. The highest BCUT2D eigenvalue weighted by Gasteiger charge is 2.33. The van der Waals surface area contributed by atoms with Crippen LogP contribution in [0.5, 0.6) is 0 Å². The van der Waals surface area contributed by atoms with Crippen molar-refractivity contribution in [3.8, 4) is 0 Å². The van der Waals surface area contributed by atoms with Crippen molar-refractivity contribution in [1.82, 2.24) is 15.1 Å². The number of hydrogen-bond donors (Lipinski definition) is 1. The zero-order valence-corrected chi connectivity index (χ0v) is 16.3. The number of piperidine rings is 2. The predicted molar refractivity (Wildman–Crippen MR) is 103 cm³/mol. The SMILES string of the molecule is CNC1CCN(C(=O)C2CCCN(C(=O)c3cc(C)cc(C)c3)C2)CC1. The van der Waals surface area contributed by atoms with E-state index in [1.54, 1.807) is 0 Å². The van der Waals surface area contributed by atoms with Crippen LogP contribution in [-0.4, -0.2) is 60.9 Å². The second-order valence-electron chi connectivity index (χ2n) is 7.85. The minimum Gasteiger partial charge on any atom is -0.342 e. The van der Waals surface area contributed by atoms with Crippen molar-refractivity contribution in [2.24, 2.45) is 5.92 Å². The van der Waals surface area contributed by atoms with E-state index in [0.29, 0.717) is 12.6 Å². The van der Waals surface area contributed by atoms with Gasteiger partial charge in [-0.15, -0.1) is 0 Å². The largest absolute Gasteiger partial charge is 0.342 e. The molecular formula is C21H31N3O2. The number of nitrogens with zero attached hydrogens (tertiary/aromatic N) is 2. The van der Waals surface area contributed by atoms with Crippen LogP contribution in [0.25, 0.3) is 0 Å². The molecule has 1 aromatic rings. The van der Waals surface area contributed by atoms with Crippen LogP contribution in [0.2, 0.25) is 0 Å². The molecule has 0 aromatic heterocycles. The Morgan fingerprint density at radius 1 is 0.962 bits per heavy atom. The number of likely N-dealkylation sites (tertiary alicyclic amines) is 2. The minimum absolute atomic E-state index is 0.0512. The second-order valence-corrected chi connectivity index (χ2v) is 7.85. The fourth-order valence-corrected chi connectivity index (χ4v) is 4.29. The molecule has 0 bridgehead atoms. The maximum atomic E-state index is 12.9. The number of aryl methyl sites for hydroxylation is 2. The van der Waals surface area contributed by atoms with Gasteiger partial charge in [0.05, 0.1) is 5.92 Å². The Balaban J connectivity index is 1.63. The fourth-order valence-electron chi connectivity index (χ4n) is 4.29. The van der Waals surface area contributed by atoms with Gasteiger partial charge in [-0.25, -0.2) is 0 Å². The molecule has 5 heteroatoms. The fraction of sp³-hybridized carbons (Fsp3) is 0.619. The first kappa shape index (κ1) is 18.9. The summed E-state index contributed by atoms with van der Waals surface area (Å²) >= 11 is 0. The van der Waals surface area contributed by atoms with Crippen LogP contribution in [0, 0.1) is 19.8 Å². The van der Waals surface area contributed by atoms with Gasteiger partial charge >= 0.3 is 0 Å². The van der Waals surface area contributed by atoms with E-state index in [1.165, 1.54) is 0 Å². The van der Waals surface area contributed by atoms with E-state index >= 15 is 0 Å². The summed E-state index contributed by atoms with van der Waals surface area (Å²) in [6.45, 7) is 6.98. The number of benzene rings is 1. The minimum atomic E-state index is -0.0512. The summed E-state index contributed by atoms with van der Waals surface area (Å²) in [6, 6.07) is 6.49. The highest BCUT2D eigenvalue weighted by atomic mass is 16.2. The van der Waals surface area contributed by atoms with Crippen molar-refractivity contribution >= 4 is 11.8 Å². The van der Waals surface area contributed by atoms with Gasteiger partial charge in [-0.1, -0.05) is 17.2 Å². The van der Waals surface area contributed by atoms with Crippen LogP contribution in [-0.2, 0) is 4.79 Å². The Kier molecular flexibility index (Phi) is 5.97. The van der Waals surface area contributed by atoms with Crippen molar-refractivity contribution < 1.29 is 9.59 Å². The summed E-state index contributed by atoms with van der Waals surface area (Å²) in [5.74, 6) is 0.241. The third kappa shape index (κ3) is 4.26. The van der Waals surface area contributed by atoms with Crippen molar-refractivity contribution in [1.29, 1.82) is 0 Å². The van der Waals surface area contributed by atoms with E-state index in [-0.39, 0.29) is 17.7 Å². The van der Waals surface area contributed by atoms with Crippen molar-refractivity contribution in [3.05, 3.63) is 34.9 Å². The van der Waals surface area contributed by atoms with E-state index in [1.807, 2.05) is 42.8 Å². The normalized spacial score (nSPS) is 21.7. The second kappa shape index (κ2) is 8.21. The molecule has 26 heavy (non-hydrogen) atoms. The molecule has 2 fully saturated rings. The van der Waals surface area contributed by atoms with Gasteiger partial charge in [-0.3, -0.25) is 9.59 Å². The zero-order valence-electron chi connectivity index (χ0n) is 16.3. The highest BCUT2D eigenvalue weighted by Crippen LogP contribution is 2.23. The molecule has 1 aromatic carbocycles. The molecule has 2 heterocycles. The lowest BCUT2D eigenvalue weighted by Crippen LogP contribution is -2.50. The van der Waals surface area contributed by atoms with Crippen LogP contribution in [0.3, 0.4) is 0 Å². The standard InChI is InChI=1S/C21H31N3O2/c1-15-11-16(2)13-18(12-15)21(26)24-8-4-5-17(14-24)20(25)23-9-6-19(22-3)7-10-23/h11-13,17,19,22H,4-10,14H2,1-3H3. The zero-order chi connectivity index (χ0) is 18.7.